The molecule has 0 radical (unpaired) electrons. The van der Waals surface area contributed by atoms with E-state index in [0.717, 1.165) is 18.2 Å². The van der Waals surface area contributed by atoms with Gasteiger partial charge < -0.3 is 35.9 Å². The van der Waals surface area contributed by atoms with Crippen molar-refractivity contribution in [2.24, 2.45) is 10.1 Å². The van der Waals surface area contributed by atoms with Crippen LogP contribution in [0, 0.1) is 11.6 Å². The number of carbonyl (C=O) groups is 3. The Morgan fingerprint density at radius 1 is 1.08 bits per heavy atom. The largest absolute Gasteiger partial charge is 0.494 e. The fourth-order valence-corrected chi connectivity index (χ4v) is 5.35. The van der Waals surface area contributed by atoms with Gasteiger partial charge >= 0.3 is 12.1 Å². The molecule has 0 saturated carbocycles. The van der Waals surface area contributed by atoms with Crippen LogP contribution in [-0.2, 0) is 26.0 Å². The van der Waals surface area contributed by atoms with Gasteiger partial charge in [-0.1, -0.05) is 17.6 Å². The normalized spacial score (nSPS) is 13.3. The molecule has 1 aromatic heterocycles. The fourth-order valence-electron chi connectivity index (χ4n) is 4.22. The topological polar surface area (TPSA) is 179 Å². The molecule has 2 aromatic carbocycles. The number of urea groups is 1. The third kappa shape index (κ3) is 14.0. The Morgan fingerprint density at radius 2 is 1.82 bits per heavy atom. The molecular weight excluding hydrogens is 660 g/mol. The van der Waals surface area contributed by atoms with Crippen LogP contribution in [0.1, 0.15) is 52.5 Å². The van der Waals surface area contributed by atoms with Crippen molar-refractivity contribution in [1.82, 2.24) is 20.6 Å². The van der Waals surface area contributed by atoms with Crippen LogP contribution in [0.5, 0.6) is 11.5 Å². The van der Waals surface area contributed by atoms with Crippen molar-refractivity contribution in [3.63, 3.8) is 0 Å². The van der Waals surface area contributed by atoms with Crippen molar-refractivity contribution < 1.29 is 37.4 Å². The maximum atomic E-state index is 14.8. The van der Waals surface area contributed by atoms with Gasteiger partial charge in [0.25, 0.3) is 5.91 Å². The predicted octanol–water partition coefficient (Wildman–Crippen LogP) is 5.76. The first-order valence-corrected chi connectivity index (χ1v) is 17.3. The molecule has 1 aliphatic rings. The third-order valence-electron chi connectivity index (χ3n) is 6.20. The van der Waals surface area contributed by atoms with E-state index >= 15 is 0 Å². The monoisotopic (exact) mass is 703 g/mol. The Hall–Kier alpha value is -4.86. The molecule has 16 heteroatoms. The summed E-state index contributed by atoms with van der Waals surface area (Å²) in [4.78, 5) is 42.5. The van der Waals surface area contributed by atoms with E-state index in [1.807, 2.05) is 25.3 Å². The minimum atomic E-state index is -0.711. The number of fused-ring (bicyclic) bond motifs is 6. The number of benzene rings is 2. The Kier molecular flexibility index (Phi) is 14.7. The molecule has 4 rings (SSSR count). The summed E-state index contributed by atoms with van der Waals surface area (Å²) in [5, 5.41) is 7.94. The van der Waals surface area contributed by atoms with Gasteiger partial charge in [0.1, 0.15) is 35.2 Å². The summed E-state index contributed by atoms with van der Waals surface area (Å²) in [5.41, 5.74) is 5.74. The van der Waals surface area contributed by atoms with Crippen molar-refractivity contribution in [2.45, 2.75) is 58.3 Å². The molecule has 4 amide bonds. The van der Waals surface area contributed by atoms with Gasteiger partial charge in [0.05, 0.1) is 19.4 Å². The number of halogens is 2. The Balaban J connectivity index is 0.000000838. The molecule has 4 bridgehead atoms. The van der Waals surface area contributed by atoms with Gasteiger partial charge in [0, 0.05) is 35.7 Å². The quantitative estimate of drug-likeness (QED) is 0.248. The number of alkyl carbamates (subject to hydrolysis) is 1. The molecule has 0 spiro atoms. The van der Waals surface area contributed by atoms with Crippen LogP contribution in [0.15, 0.2) is 47.0 Å². The average molecular weight is 704 g/mol. The van der Waals surface area contributed by atoms with E-state index in [9.17, 15) is 23.2 Å². The van der Waals surface area contributed by atoms with Crippen LogP contribution >= 0.6 is 0 Å². The van der Waals surface area contributed by atoms with Crippen molar-refractivity contribution in [3.05, 3.63) is 59.8 Å². The van der Waals surface area contributed by atoms with E-state index in [1.165, 1.54) is 18.2 Å². The highest BCUT2D eigenvalue weighted by atomic mass is 32.2. The van der Waals surface area contributed by atoms with Gasteiger partial charge in [0.15, 0.2) is 5.82 Å². The standard InChI is InChI=1S/C29H33F2N5O5S.C4H10N2O/c1-29(2,3)41-28(38)33-16-25(37)36-42(4)17-18-11-20-14-21(12-18)39-9-5-6-10-40-24-13-19(30)7-8-22(24)26-23(31)15-32-27(34-20)35-26;1-2-3-6-4(5)7/h7-8,11-15H,5-6,9-10,16-17H2,1-4H3,(H,33,38)(H,32,34,35);2-3H2,1H3,(H3,5,6,7). The lowest BCUT2D eigenvalue weighted by molar-refractivity contribution is -0.116. The predicted molar refractivity (Wildman–Crippen MR) is 184 cm³/mol. The number of nitrogens with zero attached hydrogens (tertiary/aromatic N) is 3. The Morgan fingerprint density at radius 3 is 2.49 bits per heavy atom. The summed E-state index contributed by atoms with van der Waals surface area (Å²) in [5.74, 6) is -0.358. The van der Waals surface area contributed by atoms with E-state index in [4.69, 9.17) is 19.9 Å². The molecule has 13 nitrogen and oxygen atoms in total. The summed E-state index contributed by atoms with van der Waals surface area (Å²) in [6.45, 7) is 8.25. The number of ether oxygens (including phenoxy) is 3. The van der Waals surface area contributed by atoms with Gasteiger partial charge in [-0.3, -0.25) is 4.79 Å². The number of nitrogens with two attached hydrogens (primary N) is 1. The van der Waals surface area contributed by atoms with Gasteiger partial charge in [-0.05, 0) is 76.1 Å². The minimum absolute atomic E-state index is 0.0302. The van der Waals surface area contributed by atoms with Crippen molar-refractivity contribution >= 4 is 40.4 Å². The van der Waals surface area contributed by atoms with E-state index in [2.05, 4.69) is 30.3 Å². The molecule has 266 valence electrons. The molecule has 0 fully saturated rings. The molecule has 1 atom stereocenters. The number of carbonyl (C=O) groups excluding carboxylic acids is 3. The highest BCUT2D eigenvalue weighted by Crippen LogP contribution is 2.33. The molecule has 49 heavy (non-hydrogen) atoms. The maximum absolute atomic E-state index is 14.8. The lowest BCUT2D eigenvalue weighted by Crippen LogP contribution is -2.35. The lowest BCUT2D eigenvalue weighted by atomic mass is 10.1. The van der Waals surface area contributed by atoms with Gasteiger partial charge in [0.2, 0.25) is 5.95 Å². The number of anilines is 2. The number of primary amides is 1. The van der Waals surface area contributed by atoms with Crippen molar-refractivity contribution in [1.29, 1.82) is 0 Å². The molecule has 3 aromatic rings. The number of hydrogen-bond donors (Lipinski definition) is 4. The Bertz CT molecular complexity index is 1650. The zero-order valence-corrected chi connectivity index (χ0v) is 29.0. The minimum Gasteiger partial charge on any atom is -0.494 e. The van der Waals surface area contributed by atoms with Crippen molar-refractivity contribution in [3.8, 4) is 22.8 Å². The number of amides is 4. The zero-order valence-electron chi connectivity index (χ0n) is 28.2. The first kappa shape index (κ1) is 38.6. The number of nitrogens with one attached hydrogen (secondary N) is 3. The first-order valence-electron chi connectivity index (χ1n) is 15.6. The van der Waals surface area contributed by atoms with Gasteiger partial charge in [-0.2, -0.15) is 4.36 Å². The summed E-state index contributed by atoms with van der Waals surface area (Å²) in [6, 6.07) is 8.89. The van der Waals surface area contributed by atoms with Crippen LogP contribution in [-0.4, -0.2) is 66.2 Å². The SMILES string of the molecule is CCCNC(N)=O.CS(Cc1cc2cc(c1)OCCCCOc1cc(F)ccc1-c1nc(ncc1F)N2)=NC(=O)CNC(=O)OC(C)(C)C. The highest BCUT2D eigenvalue weighted by Gasteiger charge is 2.18. The zero-order chi connectivity index (χ0) is 36.0. The molecule has 0 aliphatic carbocycles. The second-order valence-corrected chi connectivity index (χ2v) is 13.5. The van der Waals surface area contributed by atoms with Crippen LogP contribution < -0.4 is 31.2 Å². The number of hydrogen-bond acceptors (Lipinski definition) is 9. The summed E-state index contributed by atoms with van der Waals surface area (Å²) < 4.78 is 49.9. The lowest BCUT2D eigenvalue weighted by Gasteiger charge is -2.19. The smallest absolute Gasteiger partial charge is 0.408 e. The van der Waals surface area contributed by atoms with Gasteiger partial charge in [-0.15, -0.1) is 0 Å². The first-order chi connectivity index (χ1) is 23.2. The summed E-state index contributed by atoms with van der Waals surface area (Å²) in [7, 11) is -0.711. The number of aromatic nitrogens is 2. The van der Waals surface area contributed by atoms with E-state index < -0.39 is 46.0 Å². The van der Waals surface area contributed by atoms with E-state index in [0.29, 0.717) is 48.7 Å². The maximum Gasteiger partial charge on any atom is 0.408 e. The molecule has 5 N–H and O–H groups in total. The second kappa shape index (κ2) is 18.6. The molecular formula is C33H43F2N7O6S. The van der Waals surface area contributed by atoms with Crippen LogP contribution in [0.3, 0.4) is 0 Å². The second-order valence-electron chi connectivity index (χ2n) is 11.8. The number of rotatable bonds is 6. The van der Waals surface area contributed by atoms with Crippen LogP contribution in [0.4, 0.5) is 30.0 Å². The van der Waals surface area contributed by atoms with Gasteiger partial charge in [-0.25, -0.2) is 28.3 Å². The molecule has 0 saturated heterocycles. The third-order valence-corrected chi connectivity index (χ3v) is 7.46. The van der Waals surface area contributed by atoms with Crippen molar-refractivity contribution in [2.75, 3.05) is 37.9 Å². The Labute approximate surface area is 286 Å². The van der Waals surface area contributed by atoms with Crippen LogP contribution in [0.25, 0.3) is 11.3 Å². The molecule has 1 unspecified atom stereocenters. The molecule has 1 aliphatic heterocycles. The summed E-state index contributed by atoms with van der Waals surface area (Å²) in [6.07, 6.45) is 4.38. The van der Waals surface area contributed by atoms with Crippen LogP contribution in [0.2, 0.25) is 0 Å². The fraction of sp³-hybridized carbons (Fsp3) is 0.424. The average Bonchev–Trinajstić information content (AvgIpc) is 3.01. The summed E-state index contributed by atoms with van der Waals surface area (Å²) >= 11 is 0. The highest BCUT2D eigenvalue weighted by molar-refractivity contribution is 7.86. The van der Waals surface area contributed by atoms with E-state index in [1.54, 1.807) is 26.8 Å². The van der Waals surface area contributed by atoms with E-state index in [-0.39, 0.29) is 30.5 Å². The molecule has 2 heterocycles.